The van der Waals surface area contributed by atoms with Gasteiger partial charge in [-0.15, -0.1) is 0 Å². The minimum absolute atomic E-state index is 0.0631. The number of nitrogens with zero attached hydrogens (tertiary/aromatic N) is 2. The first-order valence-corrected chi connectivity index (χ1v) is 21.0. The summed E-state index contributed by atoms with van der Waals surface area (Å²) in [5.74, 6) is 1.99. The minimum Gasteiger partial charge on any atom is -0.504 e. The van der Waals surface area contributed by atoms with E-state index in [1.807, 2.05) is 38.6 Å². The maximum Gasteiger partial charge on any atom is 0.302 e. The van der Waals surface area contributed by atoms with Gasteiger partial charge >= 0.3 is 5.97 Å². The number of hydrogen-bond acceptors (Lipinski definition) is 11. The molecule has 3 fully saturated rings. The molecule has 1 amide bonds. The van der Waals surface area contributed by atoms with Crippen LogP contribution in [0, 0.1) is 5.92 Å². The Bertz CT molecular complexity index is 1270. The molecule has 0 unspecified atom stereocenters. The Hall–Kier alpha value is -2.31. The minimum atomic E-state index is -0.543. The summed E-state index contributed by atoms with van der Waals surface area (Å²) >= 11 is 0. The fourth-order valence-corrected chi connectivity index (χ4v) is 10.9. The smallest absolute Gasteiger partial charge is 0.302 e. The van der Waals surface area contributed by atoms with Gasteiger partial charge in [0.25, 0.3) is 0 Å². The van der Waals surface area contributed by atoms with Gasteiger partial charge in [-0.2, -0.15) is 0 Å². The van der Waals surface area contributed by atoms with E-state index in [0.717, 1.165) is 81.9 Å². The van der Waals surface area contributed by atoms with Crippen molar-refractivity contribution in [2.24, 2.45) is 16.6 Å². The molecule has 1 saturated heterocycles. The van der Waals surface area contributed by atoms with E-state index in [9.17, 15) is 19.8 Å². The number of aliphatic imine (C=N–C) groups is 1. The lowest BCUT2D eigenvalue weighted by Gasteiger charge is -2.29. The second-order valence-electron chi connectivity index (χ2n) is 14.6. The number of amides is 1. The molecule has 2 heterocycles. The maximum atomic E-state index is 13.2. The predicted octanol–water partition coefficient (Wildman–Crippen LogP) is 6.59. The lowest BCUT2D eigenvalue weighted by molar-refractivity contribution is -0.148. The van der Waals surface area contributed by atoms with Crippen LogP contribution in [0.5, 0.6) is 11.5 Å². The number of hydrogen-bond donors (Lipinski definition) is 4. The lowest BCUT2D eigenvalue weighted by Crippen LogP contribution is -2.47. The third-order valence-corrected chi connectivity index (χ3v) is 13.6. The number of fused-ring (bicyclic) bond motifs is 4. The van der Waals surface area contributed by atoms with Gasteiger partial charge in [-0.3, -0.25) is 14.6 Å². The number of aliphatic hydroxyl groups excluding tert-OH is 1. The molecule has 5 N–H and O–H groups in total. The number of carbonyl (C=O) groups excluding carboxylic acids is 2. The molecule has 3 atom stereocenters. The molecular formula is C37H58N4O6S2. The second-order valence-corrected chi connectivity index (χ2v) is 17.4. The second kappa shape index (κ2) is 18.8. The highest BCUT2D eigenvalue weighted by Crippen LogP contribution is 2.45. The van der Waals surface area contributed by atoms with Gasteiger partial charge in [0.1, 0.15) is 6.10 Å². The average molecular weight is 719 g/mol. The van der Waals surface area contributed by atoms with Crippen molar-refractivity contribution in [3.8, 4) is 11.5 Å². The fraction of sp³-hybridized carbons (Fsp3) is 0.757. The standard InChI is InChI=1S/C37H58N4O6S2/c1-26(42)46-32-14-13-27-20-29(35(45)33(21-27)47-31-11-5-6-12-31)25-41-24-28(22-34(41)44)15-18-39-36(38)40-37(16-7-8-17-37)49-48-19-9-3-2-4-10-30(43)23-32/h20-21,28,30-32,43,45H,2-19,22-25H2,1H3,(H3,38,39,40)/t28-,30-,32-/m0/s1. The molecule has 4 aliphatic rings. The van der Waals surface area contributed by atoms with Crippen molar-refractivity contribution in [1.29, 1.82) is 0 Å². The molecule has 2 saturated carbocycles. The Balaban J connectivity index is 1.32. The summed E-state index contributed by atoms with van der Waals surface area (Å²) < 4.78 is 12.0. The van der Waals surface area contributed by atoms with Gasteiger partial charge in [0, 0.05) is 50.7 Å². The van der Waals surface area contributed by atoms with Gasteiger partial charge < -0.3 is 35.6 Å². The first-order valence-electron chi connectivity index (χ1n) is 18.7. The van der Waals surface area contributed by atoms with Crippen LogP contribution in [0.15, 0.2) is 17.1 Å². The van der Waals surface area contributed by atoms with Crippen molar-refractivity contribution < 1.29 is 29.3 Å². The number of aryl methyl sites for hydroxylation is 1. The normalized spacial score (nSPS) is 27.1. The number of guanidine groups is 1. The molecule has 1 spiro atoms. The van der Waals surface area contributed by atoms with E-state index in [4.69, 9.17) is 15.2 Å². The summed E-state index contributed by atoms with van der Waals surface area (Å²) in [6.45, 7) is 2.88. The summed E-state index contributed by atoms with van der Waals surface area (Å²) in [5, 5.41) is 25.8. The van der Waals surface area contributed by atoms with Crippen LogP contribution in [-0.4, -0.2) is 75.0 Å². The largest absolute Gasteiger partial charge is 0.504 e. The van der Waals surface area contributed by atoms with E-state index in [2.05, 4.69) is 10.3 Å². The number of aromatic hydroxyl groups is 1. The Kier molecular flexibility index (Phi) is 14.5. The van der Waals surface area contributed by atoms with Crippen LogP contribution in [0.3, 0.4) is 0 Å². The SMILES string of the molecule is CC(=O)O[C@H]1CCc2cc(c(O)c(OC3CCCC3)c2)CN2C[C@@H](CCN=C(N)NC3(CCCC3)SSCCCCCC[C@H](O)C1)CC2=O. The van der Waals surface area contributed by atoms with E-state index in [1.54, 1.807) is 0 Å². The Morgan fingerprint density at radius 3 is 2.55 bits per heavy atom. The predicted molar refractivity (Wildman–Crippen MR) is 198 cm³/mol. The fourth-order valence-electron chi connectivity index (χ4n) is 7.75. The number of phenolic OH excluding ortho intramolecular Hbond substituents is 1. The van der Waals surface area contributed by atoms with E-state index in [-0.39, 0.29) is 34.5 Å². The molecule has 4 bridgehead atoms. The molecule has 49 heavy (non-hydrogen) atoms. The Morgan fingerprint density at radius 1 is 1.02 bits per heavy atom. The van der Waals surface area contributed by atoms with E-state index in [0.29, 0.717) is 69.0 Å². The van der Waals surface area contributed by atoms with Crippen molar-refractivity contribution in [3.05, 3.63) is 23.3 Å². The molecule has 10 nitrogen and oxygen atoms in total. The van der Waals surface area contributed by atoms with Crippen LogP contribution >= 0.6 is 21.6 Å². The molecule has 1 aromatic rings. The zero-order valence-electron chi connectivity index (χ0n) is 29.3. The number of rotatable bonds is 3. The van der Waals surface area contributed by atoms with Crippen LogP contribution in [0.25, 0.3) is 0 Å². The van der Waals surface area contributed by atoms with Crippen molar-refractivity contribution in [2.45, 2.75) is 152 Å². The maximum absolute atomic E-state index is 13.2. The van der Waals surface area contributed by atoms with Crippen LogP contribution in [0.1, 0.15) is 127 Å². The van der Waals surface area contributed by atoms with Crippen molar-refractivity contribution in [1.82, 2.24) is 10.2 Å². The zero-order chi connectivity index (χ0) is 34.6. The number of esters is 1. The summed E-state index contributed by atoms with van der Waals surface area (Å²) in [5.41, 5.74) is 8.02. The molecule has 0 aromatic heterocycles. The molecule has 2 aliphatic heterocycles. The first kappa shape index (κ1) is 37.9. The van der Waals surface area contributed by atoms with Crippen LogP contribution < -0.4 is 15.8 Å². The average Bonchev–Trinajstić information content (AvgIpc) is 3.81. The first-order chi connectivity index (χ1) is 23.7. The molecule has 1 aromatic carbocycles. The summed E-state index contributed by atoms with van der Waals surface area (Å²) in [7, 11) is 3.81. The number of phenols is 1. The molecule has 12 heteroatoms. The van der Waals surface area contributed by atoms with Crippen molar-refractivity contribution >= 4 is 39.4 Å². The van der Waals surface area contributed by atoms with Gasteiger partial charge in [-0.05, 0) is 88.2 Å². The zero-order valence-corrected chi connectivity index (χ0v) is 31.0. The third-order valence-electron chi connectivity index (χ3n) is 10.4. The monoisotopic (exact) mass is 718 g/mol. The molecular weight excluding hydrogens is 661 g/mol. The van der Waals surface area contributed by atoms with E-state index >= 15 is 0 Å². The number of ether oxygens (including phenoxy) is 2. The van der Waals surface area contributed by atoms with Gasteiger partial charge in [-0.25, -0.2) is 0 Å². The molecule has 274 valence electrons. The van der Waals surface area contributed by atoms with Gasteiger partial charge in [0.2, 0.25) is 5.91 Å². The number of nitrogens with one attached hydrogen (secondary N) is 1. The molecule has 0 radical (unpaired) electrons. The van der Waals surface area contributed by atoms with Crippen molar-refractivity contribution in [2.75, 3.05) is 18.8 Å². The number of nitrogens with two attached hydrogens (primary N) is 1. The van der Waals surface area contributed by atoms with Crippen LogP contribution in [0.2, 0.25) is 0 Å². The summed E-state index contributed by atoms with van der Waals surface area (Å²) in [6.07, 6.45) is 15.4. The highest BCUT2D eigenvalue weighted by molar-refractivity contribution is 8.77. The van der Waals surface area contributed by atoms with E-state index < -0.39 is 12.2 Å². The van der Waals surface area contributed by atoms with Crippen LogP contribution in [-0.2, 0) is 27.3 Å². The number of aliphatic hydroxyl groups is 1. The van der Waals surface area contributed by atoms with E-state index in [1.165, 1.54) is 19.8 Å². The highest BCUT2D eigenvalue weighted by Gasteiger charge is 2.36. The third kappa shape index (κ3) is 11.9. The number of benzene rings is 1. The Labute approximate surface area is 300 Å². The number of carbonyl (C=O) groups is 2. The lowest BCUT2D eigenvalue weighted by atomic mass is 9.98. The van der Waals surface area contributed by atoms with Gasteiger partial charge in [0.15, 0.2) is 17.5 Å². The molecule has 5 rings (SSSR count). The van der Waals surface area contributed by atoms with Gasteiger partial charge in [0.05, 0.1) is 17.1 Å². The highest BCUT2D eigenvalue weighted by atomic mass is 33.1. The molecule has 2 aliphatic carbocycles. The van der Waals surface area contributed by atoms with Crippen LogP contribution in [0.4, 0.5) is 0 Å². The van der Waals surface area contributed by atoms with Gasteiger partial charge in [-0.1, -0.05) is 59.8 Å². The quantitative estimate of drug-likeness (QED) is 0.200. The van der Waals surface area contributed by atoms with Crippen molar-refractivity contribution in [3.63, 3.8) is 0 Å². The summed E-state index contributed by atoms with van der Waals surface area (Å²) in [6, 6.07) is 3.85. The summed E-state index contributed by atoms with van der Waals surface area (Å²) in [4.78, 5) is 31.6. The Morgan fingerprint density at radius 2 is 1.78 bits per heavy atom. The topological polar surface area (TPSA) is 147 Å².